The molecule has 0 unspecified atom stereocenters. The number of carbonyl (C=O) groups excluding carboxylic acids is 1. The molecule has 154 valence electrons. The third kappa shape index (κ3) is 4.84. The predicted octanol–water partition coefficient (Wildman–Crippen LogP) is 4.91. The standard InChI is InChI=1S/C20H16BrN3O5S/c1-3-6-29-19-15(21)7-12(8-16(19)28-2)11-22-23-20(25)18-10-13-9-14(24(26)27)4-5-17(13)30-18/h3-5,7-11H,1,6H2,2H3,(H,23,25)/b22-11-. The Morgan fingerprint density at radius 2 is 2.17 bits per heavy atom. The number of fused-ring (bicyclic) bond motifs is 1. The molecule has 1 heterocycles. The van der Waals surface area contributed by atoms with E-state index in [4.69, 9.17) is 9.47 Å². The second-order valence-corrected chi connectivity index (χ2v) is 7.86. The van der Waals surface area contributed by atoms with E-state index >= 15 is 0 Å². The van der Waals surface area contributed by atoms with Crippen molar-refractivity contribution in [1.29, 1.82) is 0 Å². The summed E-state index contributed by atoms with van der Waals surface area (Å²) in [5, 5.41) is 15.5. The highest BCUT2D eigenvalue weighted by molar-refractivity contribution is 9.10. The van der Waals surface area contributed by atoms with Crippen LogP contribution in [0.2, 0.25) is 0 Å². The number of ether oxygens (including phenoxy) is 2. The topological polar surface area (TPSA) is 103 Å². The molecular formula is C20H16BrN3O5S. The highest BCUT2D eigenvalue weighted by atomic mass is 79.9. The lowest BCUT2D eigenvalue weighted by atomic mass is 10.2. The average Bonchev–Trinajstić information content (AvgIpc) is 3.16. The Hall–Kier alpha value is -3.24. The zero-order valence-corrected chi connectivity index (χ0v) is 18.2. The summed E-state index contributed by atoms with van der Waals surface area (Å²) in [6.07, 6.45) is 3.10. The zero-order chi connectivity index (χ0) is 21.7. The van der Waals surface area contributed by atoms with E-state index in [-0.39, 0.29) is 5.69 Å². The van der Waals surface area contributed by atoms with E-state index in [9.17, 15) is 14.9 Å². The molecule has 10 heteroatoms. The largest absolute Gasteiger partial charge is 0.493 e. The van der Waals surface area contributed by atoms with Gasteiger partial charge in [-0.1, -0.05) is 12.7 Å². The molecule has 0 atom stereocenters. The lowest BCUT2D eigenvalue weighted by molar-refractivity contribution is -0.384. The average molecular weight is 490 g/mol. The number of nitro groups is 1. The Balaban J connectivity index is 1.74. The number of nitrogens with zero attached hydrogens (tertiary/aromatic N) is 2. The van der Waals surface area contributed by atoms with Gasteiger partial charge in [-0.2, -0.15) is 5.10 Å². The number of carbonyl (C=O) groups is 1. The number of hydrogen-bond donors (Lipinski definition) is 1. The van der Waals surface area contributed by atoms with Crippen LogP contribution in [0.4, 0.5) is 5.69 Å². The van der Waals surface area contributed by atoms with Gasteiger partial charge in [-0.15, -0.1) is 11.3 Å². The molecule has 0 saturated carbocycles. The molecule has 8 nitrogen and oxygen atoms in total. The van der Waals surface area contributed by atoms with Crippen LogP contribution in [-0.2, 0) is 0 Å². The molecule has 0 fully saturated rings. The summed E-state index contributed by atoms with van der Waals surface area (Å²) in [6, 6.07) is 9.56. The summed E-state index contributed by atoms with van der Waals surface area (Å²) in [4.78, 5) is 23.2. The molecule has 1 amide bonds. The van der Waals surface area contributed by atoms with Crippen molar-refractivity contribution in [3.05, 3.63) is 74.1 Å². The van der Waals surface area contributed by atoms with Gasteiger partial charge in [0.15, 0.2) is 11.5 Å². The molecule has 30 heavy (non-hydrogen) atoms. The lowest BCUT2D eigenvalue weighted by Gasteiger charge is -2.12. The molecular weight excluding hydrogens is 474 g/mol. The minimum Gasteiger partial charge on any atom is -0.493 e. The molecule has 0 spiro atoms. The number of benzene rings is 2. The van der Waals surface area contributed by atoms with Crippen LogP contribution < -0.4 is 14.9 Å². The van der Waals surface area contributed by atoms with Gasteiger partial charge in [0.05, 0.1) is 27.6 Å². The summed E-state index contributed by atoms with van der Waals surface area (Å²) in [5.41, 5.74) is 3.11. The van der Waals surface area contributed by atoms with Gasteiger partial charge in [-0.25, -0.2) is 5.43 Å². The van der Waals surface area contributed by atoms with Gasteiger partial charge in [0.1, 0.15) is 6.61 Å². The van der Waals surface area contributed by atoms with Crippen LogP contribution in [0, 0.1) is 10.1 Å². The number of rotatable bonds is 8. The first-order valence-electron chi connectivity index (χ1n) is 8.55. The Kier molecular flexibility index (Phi) is 6.80. The fraction of sp³-hybridized carbons (Fsp3) is 0.100. The lowest BCUT2D eigenvalue weighted by Crippen LogP contribution is -2.16. The summed E-state index contributed by atoms with van der Waals surface area (Å²) in [7, 11) is 1.52. The van der Waals surface area contributed by atoms with Crippen molar-refractivity contribution in [2.24, 2.45) is 5.10 Å². The number of halogens is 1. The van der Waals surface area contributed by atoms with Crippen LogP contribution in [-0.4, -0.2) is 30.8 Å². The van der Waals surface area contributed by atoms with Crippen LogP contribution in [0.25, 0.3) is 10.1 Å². The van der Waals surface area contributed by atoms with Crippen molar-refractivity contribution in [3.63, 3.8) is 0 Å². The van der Waals surface area contributed by atoms with Gasteiger partial charge < -0.3 is 9.47 Å². The smallest absolute Gasteiger partial charge is 0.281 e. The van der Waals surface area contributed by atoms with Crippen LogP contribution >= 0.6 is 27.3 Å². The third-order valence-corrected chi connectivity index (χ3v) is 5.62. The Morgan fingerprint density at radius 1 is 1.37 bits per heavy atom. The van der Waals surface area contributed by atoms with E-state index in [0.717, 1.165) is 4.70 Å². The van der Waals surface area contributed by atoms with Gasteiger partial charge >= 0.3 is 0 Å². The van der Waals surface area contributed by atoms with Crippen LogP contribution in [0.5, 0.6) is 11.5 Å². The van der Waals surface area contributed by atoms with Gasteiger partial charge in [-0.3, -0.25) is 14.9 Å². The predicted molar refractivity (Wildman–Crippen MR) is 120 cm³/mol. The van der Waals surface area contributed by atoms with Crippen molar-refractivity contribution in [2.45, 2.75) is 0 Å². The molecule has 2 aromatic carbocycles. The maximum atomic E-state index is 12.4. The molecule has 0 aliphatic carbocycles. The molecule has 3 aromatic rings. The first-order valence-corrected chi connectivity index (χ1v) is 10.2. The quantitative estimate of drug-likeness (QED) is 0.209. The zero-order valence-electron chi connectivity index (χ0n) is 15.8. The molecule has 0 radical (unpaired) electrons. The van der Waals surface area contributed by atoms with E-state index in [0.29, 0.717) is 38.4 Å². The number of thiophene rings is 1. The Bertz CT molecular complexity index is 1160. The molecule has 1 aromatic heterocycles. The van der Waals surface area contributed by atoms with Crippen molar-refractivity contribution in [3.8, 4) is 11.5 Å². The Morgan fingerprint density at radius 3 is 2.87 bits per heavy atom. The van der Waals surface area contributed by atoms with Crippen molar-refractivity contribution in [2.75, 3.05) is 13.7 Å². The fourth-order valence-electron chi connectivity index (χ4n) is 2.57. The summed E-state index contributed by atoms with van der Waals surface area (Å²) in [6.45, 7) is 3.94. The number of non-ortho nitro benzene ring substituents is 1. The summed E-state index contributed by atoms with van der Waals surface area (Å²) >= 11 is 4.66. The third-order valence-electron chi connectivity index (χ3n) is 3.91. The van der Waals surface area contributed by atoms with E-state index < -0.39 is 10.8 Å². The minimum absolute atomic E-state index is 0.0229. The number of nitro benzene ring substituents is 1. The molecule has 0 aliphatic heterocycles. The molecule has 0 aliphatic rings. The maximum Gasteiger partial charge on any atom is 0.281 e. The Labute approximate surface area is 184 Å². The molecule has 0 bridgehead atoms. The van der Waals surface area contributed by atoms with E-state index in [1.165, 1.54) is 36.8 Å². The number of amides is 1. The molecule has 1 N–H and O–H groups in total. The number of methoxy groups -OCH3 is 1. The normalized spacial score (nSPS) is 10.9. The summed E-state index contributed by atoms with van der Waals surface area (Å²) in [5.74, 6) is 0.634. The van der Waals surface area contributed by atoms with Crippen LogP contribution in [0.3, 0.4) is 0 Å². The van der Waals surface area contributed by atoms with E-state index in [1.54, 1.807) is 30.3 Å². The number of hydrazone groups is 1. The van der Waals surface area contributed by atoms with Crippen LogP contribution in [0.15, 0.2) is 58.6 Å². The van der Waals surface area contributed by atoms with Crippen molar-refractivity contribution in [1.82, 2.24) is 5.43 Å². The van der Waals surface area contributed by atoms with Crippen LogP contribution in [0.1, 0.15) is 15.2 Å². The first kappa shape index (κ1) is 21.5. The number of hydrogen-bond acceptors (Lipinski definition) is 7. The van der Waals surface area contributed by atoms with Gasteiger partial charge in [0.2, 0.25) is 0 Å². The molecule has 3 rings (SSSR count). The monoisotopic (exact) mass is 489 g/mol. The van der Waals surface area contributed by atoms with Gasteiger partial charge in [0.25, 0.3) is 11.6 Å². The minimum atomic E-state index is -0.471. The van der Waals surface area contributed by atoms with Crippen molar-refractivity contribution < 1.29 is 19.2 Å². The second kappa shape index (κ2) is 9.51. The van der Waals surface area contributed by atoms with E-state index in [2.05, 4.69) is 33.0 Å². The highest BCUT2D eigenvalue weighted by Crippen LogP contribution is 2.36. The van der Waals surface area contributed by atoms with Gasteiger partial charge in [0, 0.05) is 22.2 Å². The number of nitrogens with one attached hydrogen (secondary N) is 1. The van der Waals surface area contributed by atoms with Crippen molar-refractivity contribution >= 4 is 55.2 Å². The van der Waals surface area contributed by atoms with Gasteiger partial charge in [-0.05, 0) is 45.8 Å². The molecule has 0 saturated heterocycles. The first-order chi connectivity index (χ1) is 14.4. The highest BCUT2D eigenvalue weighted by Gasteiger charge is 2.13. The second-order valence-electron chi connectivity index (χ2n) is 5.92. The maximum absolute atomic E-state index is 12.4. The summed E-state index contributed by atoms with van der Waals surface area (Å²) < 4.78 is 12.4. The fourth-order valence-corrected chi connectivity index (χ4v) is 4.08. The van der Waals surface area contributed by atoms with E-state index in [1.807, 2.05) is 0 Å². The SMILES string of the molecule is C=CCOc1c(Br)cc(/C=N\NC(=O)c2cc3cc([N+](=O)[O-])ccc3s2)cc1OC.